The molecule has 1 unspecified atom stereocenters. The molecule has 31 heavy (non-hydrogen) atoms. The molecule has 4 rings (SSSR count). The predicted molar refractivity (Wildman–Crippen MR) is 134 cm³/mol. The van der Waals surface area contributed by atoms with E-state index in [9.17, 15) is 4.79 Å². The number of hydrogen-bond donors (Lipinski definition) is 1. The van der Waals surface area contributed by atoms with E-state index in [1.807, 2.05) is 24.3 Å². The maximum Gasteiger partial charge on any atom is 0.264 e. The molecule has 1 amide bonds. The molecule has 0 aliphatic carbocycles. The number of rotatable bonds is 3. The molecule has 0 aromatic heterocycles. The Morgan fingerprint density at radius 2 is 2.06 bits per heavy atom. The number of amidine groups is 1. The van der Waals surface area contributed by atoms with Crippen LogP contribution in [0.1, 0.15) is 51.2 Å². The number of nitrogens with one attached hydrogen (secondary N) is 1. The summed E-state index contributed by atoms with van der Waals surface area (Å²) >= 11 is 14.0. The van der Waals surface area contributed by atoms with Crippen molar-refractivity contribution in [2.24, 2.45) is 4.99 Å². The summed E-state index contributed by atoms with van der Waals surface area (Å²) in [5.41, 5.74) is 4.08. The van der Waals surface area contributed by atoms with Gasteiger partial charge in [-0.05, 0) is 92.4 Å². The van der Waals surface area contributed by atoms with Gasteiger partial charge in [0.15, 0.2) is 5.17 Å². The summed E-state index contributed by atoms with van der Waals surface area (Å²) in [6.45, 7) is 9.90. The van der Waals surface area contributed by atoms with Gasteiger partial charge in [-0.15, -0.1) is 0 Å². The van der Waals surface area contributed by atoms with Crippen molar-refractivity contribution >= 4 is 63.5 Å². The minimum atomic E-state index is -0.177. The SMILES string of the molecule is CCN1c2cc(Cl)c(/C=C3/SC(=Nc4cccc(Cl)c4)NC3=O)cc2C(C)CC1(C)C. The van der Waals surface area contributed by atoms with Crippen molar-refractivity contribution in [3.63, 3.8) is 0 Å². The summed E-state index contributed by atoms with van der Waals surface area (Å²) < 4.78 is 0. The molecule has 2 aliphatic rings. The minimum absolute atomic E-state index is 0.0807. The Labute approximate surface area is 197 Å². The zero-order valence-electron chi connectivity index (χ0n) is 18.0. The number of hydrogen-bond acceptors (Lipinski definition) is 4. The number of benzene rings is 2. The van der Waals surface area contributed by atoms with Crippen LogP contribution in [0, 0.1) is 0 Å². The van der Waals surface area contributed by atoms with Crippen molar-refractivity contribution in [2.45, 2.75) is 45.6 Å². The molecule has 2 aromatic carbocycles. The number of anilines is 1. The van der Waals surface area contributed by atoms with Crippen molar-refractivity contribution in [1.29, 1.82) is 0 Å². The first-order chi connectivity index (χ1) is 14.7. The van der Waals surface area contributed by atoms with Gasteiger partial charge >= 0.3 is 0 Å². The van der Waals surface area contributed by atoms with Gasteiger partial charge < -0.3 is 10.2 Å². The average Bonchev–Trinajstić information content (AvgIpc) is 3.01. The summed E-state index contributed by atoms with van der Waals surface area (Å²) in [6, 6.07) is 11.4. The highest BCUT2D eigenvalue weighted by Crippen LogP contribution is 2.45. The van der Waals surface area contributed by atoms with Crippen molar-refractivity contribution in [3.8, 4) is 0 Å². The highest BCUT2D eigenvalue weighted by atomic mass is 35.5. The number of halogens is 2. The zero-order valence-corrected chi connectivity index (χ0v) is 20.3. The maximum absolute atomic E-state index is 12.5. The summed E-state index contributed by atoms with van der Waals surface area (Å²) in [5.74, 6) is 0.233. The Morgan fingerprint density at radius 1 is 1.29 bits per heavy atom. The summed E-state index contributed by atoms with van der Waals surface area (Å²) in [6.07, 6.45) is 2.92. The monoisotopic (exact) mass is 473 g/mol. The third-order valence-corrected chi connectivity index (χ3v) is 7.27. The van der Waals surface area contributed by atoms with E-state index in [0.29, 0.717) is 31.7 Å². The number of nitrogens with zero attached hydrogens (tertiary/aromatic N) is 2. The molecular formula is C24H25Cl2N3OS. The molecule has 1 atom stereocenters. The van der Waals surface area contributed by atoms with Crippen molar-refractivity contribution in [1.82, 2.24) is 5.32 Å². The van der Waals surface area contributed by atoms with E-state index in [1.54, 1.807) is 12.1 Å². The molecule has 1 fully saturated rings. The van der Waals surface area contributed by atoms with Crippen molar-refractivity contribution < 1.29 is 4.79 Å². The van der Waals surface area contributed by atoms with Gasteiger partial charge in [0.05, 0.1) is 10.6 Å². The topological polar surface area (TPSA) is 44.7 Å². The van der Waals surface area contributed by atoms with Crippen LogP contribution in [-0.4, -0.2) is 23.2 Å². The molecule has 0 radical (unpaired) electrons. The van der Waals surface area contributed by atoms with E-state index < -0.39 is 0 Å². The molecule has 4 nitrogen and oxygen atoms in total. The number of fused-ring (bicyclic) bond motifs is 1. The summed E-state index contributed by atoms with van der Waals surface area (Å²) in [4.78, 5) is 20.0. The standard InChI is InChI=1S/C24H25Cl2N3OS/c1-5-29-20-12-19(26)15(9-18(20)14(2)13-24(29,3)4)10-21-22(30)28-23(31-21)27-17-8-6-7-16(25)11-17/h6-12,14H,5,13H2,1-4H3,(H,27,28,30)/b21-10+. The first kappa shape index (κ1) is 22.3. The third-order valence-electron chi connectivity index (χ3n) is 5.80. The highest BCUT2D eigenvalue weighted by molar-refractivity contribution is 8.18. The van der Waals surface area contributed by atoms with E-state index >= 15 is 0 Å². The molecule has 1 saturated heterocycles. The number of carbonyl (C=O) groups excluding carboxylic acids is 1. The fourth-order valence-electron chi connectivity index (χ4n) is 4.51. The molecule has 162 valence electrons. The molecule has 0 saturated carbocycles. The predicted octanol–water partition coefficient (Wildman–Crippen LogP) is 7.00. The molecule has 2 aromatic rings. The average molecular weight is 474 g/mol. The van der Waals surface area contributed by atoms with Gasteiger partial charge in [-0.3, -0.25) is 4.79 Å². The second kappa shape index (κ2) is 8.53. The Kier molecular flexibility index (Phi) is 6.12. The first-order valence-corrected chi connectivity index (χ1v) is 11.9. The van der Waals surface area contributed by atoms with E-state index in [4.69, 9.17) is 23.2 Å². The van der Waals surface area contributed by atoms with Gasteiger partial charge in [0.1, 0.15) is 0 Å². The fraction of sp³-hybridized carbons (Fsp3) is 0.333. The van der Waals surface area contributed by atoms with Crippen LogP contribution in [0.25, 0.3) is 6.08 Å². The number of amides is 1. The van der Waals surface area contributed by atoms with E-state index in [-0.39, 0.29) is 11.4 Å². The van der Waals surface area contributed by atoms with E-state index in [1.165, 1.54) is 23.0 Å². The summed E-state index contributed by atoms with van der Waals surface area (Å²) in [7, 11) is 0. The maximum atomic E-state index is 12.5. The van der Waals surface area contributed by atoms with Crippen LogP contribution in [-0.2, 0) is 4.79 Å². The Bertz CT molecular complexity index is 1110. The lowest BCUT2D eigenvalue weighted by Crippen LogP contribution is -2.48. The van der Waals surface area contributed by atoms with Gasteiger partial charge in [-0.2, -0.15) is 0 Å². The minimum Gasteiger partial charge on any atom is -0.366 e. The smallest absolute Gasteiger partial charge is 0.264 e. The Hall–Kier alpha value is -1.95. The summed E-state index contributed by atoms with van der Waals surface area (Å²) in [5, 5.41) is 4.59. The van der Waals surface area contributed by atoms with Crippen LogP contribution in [0.2, 0.25) is 10.0 Å². The molecule has 2 aliphatic heterocycles. The first-order valence-electron chi connectivity index (χ1n) is 10.3. The van der Waals surface area contributed by atoms with Gasteiger partial charge in [0, 0.05) is 27.8 Å². The van der Waals surface area contributed by atoms with Crippen molar-refractivity contribution in [3.05, 3.63) is 62.5 Å². The molecule has 1 N–H and O–H groups in total. The van der Waals surface area contributed by atoms with E-state index in [0.717, 1.165) is 18.5 Å². The van der Waals surface area contributed by atoms with Crippen LogP contribution in [0.5, 0.6) is 0 Å². The lowest BCUT2D eigenvalue weighted by Gasteiger charge is -2.47. The third kappa shape index (κ3) is 4.50. The van der Waals surface area contributed by atoms with Crippen LogP contribution < -0.4 is 10.2 Å². The fourth-order valence-corrected chi connectivity index (χ4v) is 5.74. The van der Waals surface area contributed by atoms with E-state index in [2.05, 4.69) is 49.0 Å². The second-order valence-electron chi connectivity index (χ2n) is 8.56. The quantitative estimate of drug-likeness (QED) is 0.488. The van der Waals surface area contributed by atoms with Gasteiger partial charge in [0.2, 0.25) is 0 Å². The molecule has 7 heteroatoms. The largest absolute Gasteiger partial charge is 0.366 e. The van der Waals surface area contributed by atoms with Crippen LogP contribution >= 0.6 is 35.0 Å². The normalized spacial score (nSPS) is 22.7. The van der Waals surface area contributed by atoms with Crippen molar-refractivity contribution in [2.75, 3.05) is 11.4 Å². The van der Waals surface area contributed by atoms with Crippen LogP contribution in [0.4, 0.5) is 11.4 Å². The number of thioether (sulfide) groups is 1. The highest BCUT2D eigenvalue weighted by Gasteiger charge is 2.36. The second-order valence-corrected chi connectivity index (χ2v) is 10.4. The van der Waals surface area contributed by atoms with Crippen LogP contribution in [0.15, 0.2) is 46.3 Å². The van der Waals surface area contributed by atoms with Gasteiger partial charge in [0.25, 0.3) is 5.91 Å². The lowest BCUT2D eigenvalue weighted by molar-refractivity contribution is -0.115. The molecule has 0 bridgehead atoms. The molecular weight excluding hydrogens is 449 g/mol. The molecule has 2 heterocycles. The lowest BCUT2D eigenvalue weighted by atomic mass is 9.79. The Balaban J connectivity index is 1.67. The molecule has 0 spiro atoms. The number of aliphatic imine (C=N–C) groups is 1. The van der Waals surface area contributed by atoms with Gasteiger partial charge in [-0.1, -0.05) is 36.2 Å². The van der Waals surface area contributed by atoms with Gasteiger partial charge in [-0.25, -0.2) is 4.99 Å². The zero-order chi connectivity index (χ0) is 22.3. The van der Waals surface area contributed by atoms with Crippen LogP contribution in [0.3, 0.4) is 0 Å². The Morgan fingerprint density at radius 3 is 2.77 bits per heavy atom. The number of carbonyl (C=O) groups is 1.